The normalized spacial score (nSPS) is 17.5. The average molecular weight is 378 g/mol. The molecule has 4 nitrogen and oxygen atoms in total. The number of anilines is 1. The molecule has 0 aliphatic carbocycles. The van der Waals surface area contributed by atoms with Crippen LogP contribution < -0.4 is 9.57 Å². The lowest BCUT2D eigenvalue weighted by molar-refractivity contribution is -0.115. The van der Waals surface area contributed by atoms with E-state index in [1.54, 1.807) is 31.6 Å². The third kappa shape index (κ3) is 1.91. The molecular formula is C20H14N2O2S2. The SMILES string of the molecule is CC1(C)c2ssc(=Nc3ccccc3)c2-c2cccc3c2N1C(=O)C3=O. The molecule has 3 aromatic rings. The van der Waals surface area contributed by atoms with Crippen molar-refractivity contribution in [3.63, 3.8) is 0 Å². The van der Waals surface area contributed by atoms with Gasteiger partial charge in [0, 0.05) is 11.1 Å². The molecular weight excluding hydrogens is 364 g/mol. The van der Waals surface area contributed by atoms with Gasteiger partial charge in [-0.3, -0.25) is 14.5 Å². The first-order valence-corrected chi connectivity index (χ1v) is 10.4. The molecule has 2 aromatic carbocycles. The molecule has 0 radical (unpaired) electrons. The van der Waals surface area contributed by atoms with Crippen LogP contribution in [0.1, 0.15) is 29.1 Å². The fraction of sp³-hybridized carbons (Fsp3) is 0.150. The van der Waals surface area contributed by atoms with Crippen LogP contribution in [-0.2, 0) is 10.3 Å². The minimum atomic E-state index is -0.576. The van der Waals surface area contributed by atoms with Gasteiger partial charge in [0.25, 0.3) is 11.7 Å². The lowest BCUT2D eigenvalue weighted by atomic mass is 9.88. The summed E-state index contributed by atoms with van der Waals surface area (Å²) < 4.78 is 0.920. The summed E-state index contributed by atoms with van der Waals surface area (Å²) >= 11 is 0. The number of amides is 1. The third-order valence-electron chi connectivity index (χ3n) is 4.92. The van der Waals surface area contributed by atoms with Gasteiger partial charge in [-0.05, 0) is 32.0 Å². The summed E-state index contributed by atoms with van der Waals surface area (Å²) in [6.07, 6.45) is 0. The summed E-state index contributed by atoms with van der Waals surface area (Å²) in [5.41, 5.74) is 3.51. The van der Waals surface area contributed by atoms with Gasteiger partial charge in [0.05, 0.1) is 27.4 Å². The molecule has 26 heavy (non-hydrogen) atoms. The molecule has 0 saturated heterocycles. The van der Waals surface area contributed by atoms with E-state index in [9.17, 15) is 9.59 Å². The third-order valence-corrected chi connectivity index (χ3v) is 7.55. The van der Waals surface area contributed by atoms with Gasteiger partial charge < -0.3 is 0 Å². The molecule has 0 fully saturated rings. The van der Waals surface area contributed by atoms with E-state index in [1.807, 2.05) is 56.3 Å². The maximum absolute atomic E-state index is 12.7. The fourth-order valence-corrected chi connectivity index (χ4v) is 6.68. The molecule has 2 aliphatic heterocycles. The molecule has 0 N–H and O–H groups in total. The van der Waals surface area contributed by atoms with Crippen LogP contribution in [0.5, 0.6) is 0 Å². The number of carbonyl (C=O) groups is 2. The van der Waals surface area contributed by atoms with Crippen LogP contribution >= 0.6 is 20.7 Å². The molecule has 6 heteroatoms. The first kappa shape index (κ1) is 15.7. The molecule has 1 amide bonds. The van der Waals surface area contributed by atoms with Crippen molar-refractivity contribution in [1.82, 2.24) is 0 Å². The van der Waals surface area contributed by atoms with E-state index >= 15 is 0 Å². The van der Waals surface area contributed by atoms with E-state index in [2.05, 4.69) is 0 Å². The number of fused-ring (bicyclic) bond motifs is 2. The van der Waals surface area contributed by atoms with E-state index in [0.29, 0.717) is 5.56 Å². The lowest BCUT2D eigenvalue weighted by Gasteiger charge is -2.39. The van der Waals surface area contributed by atoms with Crippen LogP contribution in [0.25, 0.3) is 11.1 Å². The van der Waals surface area contributed by atoms with Gasteiger partial charge >= 0.3 is 0 Å². The maximum atomic E-state index is 12.7. The van der Waals surface area contributed by atoms with Gasteiger partial charge in [-0.1, -0.05) is 51.0 Å². The van der Waals surface area contributed by atoms with Crippen molar-refractivity contribution < 1.29 is 9.59 Å². The second-order valence-corrected chi connectivity index (χ2v) is 8.98. The Bertz CT molecular complexity index is 1160. The Balaban J connectivity index is 1.86. The summed E-state index contributed by atoms with van der Waals surface area (Å²) in [5.74, 6) is -0.863. The van der Waals surface area contributed by atoms with Gasteiger partial charge in [-0.2, -0.15) is 0 Å². The van der Waals surface area contributed by atoms with Crippen LogP contribution in [0.4, 0.5) is 11.4 Å². The van der Waals surface area contributed by atoms with Gasteiger partial charge in [-0.15, -0.1) is 0 Å². The molecule has 0 unspecified atom stereocenters. The number of ketones is 1. The summed E-state index contributed by atoms with van der Waals surface area (Å²) in [5, 5.41) is 0. The molecule has 3 heterocycles. The van der Waals surface area contributed by atoms with Crippen molar-refractivity contribution in [2.45, 2.75) is 19.4 Å². The van der Waals surface area contributed by atoms with Crippen molar-refractivity contribution in [3.8, 4) is 11.1 Å². The van der Waals surface area contributed by atoms with E-state index in [4.69, 9.17) is 4.99 Å². The predicted molar refractivity (Wildman–Crippen MR) is 104 cm³/mol. The first-order chi connectivity index (χ1) is 12.5. The van der Waals surface area contributed by atoms with Gasteiger partial charge in [0.2, 0.25) is 0 Å². The molecule has 1 aromatic heterocycles. The minimum Gasteiger partial charge on any atom is -0.294 e. The van der Waals surface area contributed by atoms with Gasteiger partial charge in [-0.25, -0.2) is 4.99 Å². The Morgan fingerprint density at radius 3 is 2.42 bits per heavy atom. The first-order valence-electron chi connectivity index (χ1n) is 8.26. The molecule has 2 aliphatic rings. The molecule has 0 spiro atoms. The highest BCUT2D eigenvalue weighted by Crippen LogP contribution is 2.53. The van der Waals surface area contributed by atoms with E-state index in [1.165, 1.54) is 0 Å². The molecule has 0 bridgehead atoms. The summed E-state index contributed by atoms with van der Waals surface area (Å²) in [7, 11) is 3.24. The lowest BCUT2D eigenvalue weighted by Crippen LogP contribution is -2.46. The zero-order valence-corrected chi connectivity index (χ0v) is 15.8. The monoisotopic (exact) mass is 378 g/mol. The predicted octanol–water partition coefficient (Wildman–Crippen LogP) is 4.49. The quantitative estimate of drug-likeness (QED) is 0.463. The van der Waals surface area contributed by atoms with E-state index in [0.717, 1.165) is 32.0 Å². The van der Waals surface area contributed by atoms with Crippen LogP contribution in [-0.4, -0.2) is 11.7 Å². The van der Waals surface area contributed by atoms with Gasteiger partial charge in [0.1, 0.15) is 4.67 Å². The zero-order chi connectivity index (χ0) is 18.1. The largest absolute Gasteiger partial charge is 0.300 e. The second-order valence-electron chi connectivity index (χ2n) is 6.85. The number of hydrogen-bond acceptors (Lipinski definition) is 5. The smallest absolute Gasteiger partial charge is 0.294 e. The highest BCUT2D eigenvalue weighted by molar-refractivity contribution is 7.68. The Hall–Kier alpha value is -2.57. The zero-order valence-electron chi connectivity index (χ0n) is 14.1. The van der Waals surface area contributed by atoms with Crippen molar-refractivity contribution in [3.05, 3.63) is 63.6 Å². The van der Waals surface area contributed by atoms with Crippen LogP contribution in [0.2, 0.25) is 0 Å². The Kier molecular flexibility index (Phi) is 3.14. The van der Waals surface area contributed by atoms with Crippen LogP contribution in [0, 0.1) is 0 Å². The molecule has 0 atom stereocenters. The average Bonchev–Trinajstić information content (AvgIpc) is 3.16. The summed E-state index contributed by atoms with van der Waals surface area (Å²) in [4.78, 5) is 32.7. The number of Topliss-reactive ketones (excluding diaryl/α,β-unsaturated/α-hetero) is 1. The number of nitrogens with zero attached hydrogens (tertiary/aromatic N) is 2. The number of benzene rings is 2. The number of carbonyl (C=O) groups excluding carboxylic acids is 2. The number of hydrogen-bond donors (Lipinski definition) is 0. The number of para-hydroxylation sites is 2. The second kappa shape index (κ2) is 5.22. The van der Waals surface area contributed by atoms with E-state index < -0.39 is 17.2 Å². The Morgan fingerprint density at radius 1 is 0.923 bits per heavy atom. The highest BCUT2D eigenvalue weighted by Gasteiger charge is 2.50. The Morgan fingerprint density at radius 2 is 1.65 bits per heavy atom. The topological polar surface area (TPSA) is 49.7 Å². The maximum Gasteiger partial charge on any atom is 0.300 e. The van der Waals surface area contributed by atoms with Crippen LogP contribution in [0.15, 0.2) is 53.5 Å². The van der Waals surface area contributed by atoms with Crippen molar-refractivity contribution in [2.75, 3.05) is 4.90 Å². The highest BCUT2D eigenvalue weighted by atomic mass is 32.9. The van der Waals surface area contributed by atoms with E-state index in [-0.39, 0.29) is 0 Å². The molecule has 5 rings (SSSR count). The minimum absolute atomic E-state index is 0.421. The standard InChI is InChI=1S/C20H14N2O2S2/c1-20(2)17-14(18(26-25-17)21-11-7-4-3-5-8-11)12-9-6-10-13-15(12)22(20)19(24)16(13)23/h3-10H,1-2H3. The summed E-state index contributed by atoms with van der Waals surface area (Å²) in [6, 6.07) is 15.4. The van der Waals surface area contributed by atoms with Crippen molar-refractivity contribution in [2.24, 2.45) is 4.99 Å². The molecule has 128 valence electrons. The number of rotatable bonds is 1. The van der Waals surface area contributed by atoms with Crippen molar-refractivity contribution >= 4 is 43.7 Å². The fourth-order valence-electron chi connectivity index (χ4n) is 3.72. The van der Waals surface area contributed by atoms with Crippen molar-refractivity contribution in [1.29, 1.82) is 0 Å². The van der Waals surface area contributed by atoms with Gasteiger partial charge in [0.15, 0.2) is 0 Å². The molecule has 0 saturated carbocycles. The van der Waals surface area contributed by atoms with Crippen LogP contribution in [0.3, 0.4) is 0 Å². The Labute approximate surface area is 157 Å². The summed E-state index contributed by atoms with van der Waals surface area (Å²) in [6.45, 7) is 4.00.